The highest BCUT2D eigenvalue weighted by atomic mass is 16.5. The zero-order chi connectivity index (χ0) is 19.3. The predicted molar refractivity (Wildman–Crippen MR) is 99.9 cm³/mol. The summed E-state index contributed by atoms with van der Waals surface area (Å²) in [5, 5.41) is 2.80. The molecule has 1 aromatic carbocycles. The third kappa shape index (κ3) is 4.20. The van der Waals surface area contributed by atoms with E-state index in [-0.39, 0.29) is 11.7 Å². The molecule has 0 bridgehead atoms. The number of aromatic amines is 1. The summed E-state index contributed by atoms with van der Waals surface area (Å²) < 4.78 is 4.94. The minimum absolute atomic E-state index is 0.0555. The highest BCUT2D eigenvalue weighted by Gasteiger charge is 2.22. The highest BCUT2D eigenvalue weighted by Crippen LogP contribution is 2.22. The molecule has 1 aromatic heterocycles. The fraction of sp³-hybridized carbons (Fsp3) is 0.350. The van der Waals surface area contributed by atoms with E-state index in [0.717, 1.165) is 12.0 Å². The number of esters is 1. The van der Waals surface area contributed by atoms with E-state index >= 15 is 0 Å². The van der Waals surface area contributed by atoms with Crippen LogP contribution in [0.4, 0.5) is 5.69 Å². The van der Waals surface area contributed by atoms with Crippen molar-refractivity contribution in [2.24, 2.45) is 0 Å². The number of amides is 1. The Morgan fingerprint density at radius 2 is 1.77 bits per heavy atom. The third-order valence-electron chi connectivity index (χ3n) is 4.02. The van der Waals surface area contributed by atoms with E-state index in [2.05, 4.69) is 10.3 Å². The van der Waals surface area contributed by atoms with Gasteiger partial charge in [0.15, 0.2) is 5.78 Å². The number of carbonyl (C=O) groups is 3. The first-order chi connectivity index (χ1) is 12.4. The number of rotatable bonds is 7. The number of aryl methyl sites for hydroxylation is 1. The minimum atomic E-state index is -0.401. The van der Waals surface area contributed by atoms with Gasteiger partial charge in [-0.05, 0) is 57.0 Å². The van der Waals surface area contributed by atoms with E-state index in [4.69, 9.17) is 4.74 Å². The Bertz CT molecular complexity index is 819. The van der Waals surface area contributed by atoms with Gasteiger partial charge in [-0.3, -0.25) is 9.59 Å². The van der Waals surface area contributed by atoms with Gasteiger partial charge in [0.1, 0.15) is 5.69 Å². The number of hydrogen-bond donors (Lipinski definition) is 2. The van der Waals surface area contributed by atoms with Gasteiger partial charge in [-0.25, -0.2) is 4.79 Å². The van der Waals surface area contributed by atoms with Crippen LogP contribution in [0.5, 0.6) is 0 Å². The van der Waals surface area contributed by atoms with E-state index in [1.807, 2.05) is 6.92 Å². The first kappa shape index (κ1) is 19.4. The summed E-state index contributed by atoms with van der Waals surface area (Å²) in [4.78, 5) is 39.3. The molecule has 26 heavy (non-hydrogen) atoms. The standard InChI is InChI=1S/C20H24N2O4/c1-5-7-16-17(13(4)23)12(3)21-18(16)19(24)22-15-10-8-14(9-11-15)20(25)26-6-2/h8-11,21H,5-7H2,1-4H3,(H,22,24). The average molecular weight is 356 g/mol. The molecule has 0 fully saturated rings. The molecule has 1 heterocycles. The number of hydrogen-bond acceptors (Lipinski definition) is 4. The molecule has 0 aliphatic carbocycles. The zero-order valence-electron chi connectivity index (χ0n) is 15.6. The van der Waals surface area contributed by atoms with Crippen molar-refractivity contribution in [1.29, 1.82) is 0 Å². The maximum Gasteiger partial charge on any atom is 0.338 e. The second kappa shape index (κ2) is 8.47. The van der Waals surface area contributed by atoms with Crippen LogP contribution in [-0.4, -0.2) is 29.3 Å². The van der Waals surface area contributed by atoms with Gasteiger partial charge in [0.05, 0.1) is 12.2 Å². The van der Waals surface area contributed by atoms with E-state index in [0.29, 0.717) is 41.2 Å². The van der Waals surface area contributed by atoms with Crippen LogP contribution in [0.2, 0.25) is 0 Å². The average Bonchev–Trinajstić information content (AvgIpc) is 2.92. The molecule has 0 saturated heterocycles. The molecule has 0 aliphatic heterocycles. The monoisotopic (exact) mass is 356 g/mol. The molecule has 2 rings (SSSR count). The molecule has 0 aliphatic rings. The molecule has 1 amide bonds. The second-order valence-electron chi connectivity index (χ2n) is 6.04. The Labute approximate surface area is 152 Å². The van der Waals surface area contributed by atoms with Crippen LogP contribution in [-0.2, 0) is 11.2 Å². The van der Waals surface area contributed by atoms with Crippen LogP contribution in [0.15, 0.2) is 24.3 Å². The van der Waals surface area contributed by atoms with Crippen molar-refractivity contribution in [3.8, 4) is 0 Å². The van der Waals surface area contributed by atoms with Gasteiger partial charge in [-0.15, -0.1) is 0 Å². The van der Waals surface area contributed by atoms with Gasteiger partial charge in [0, 0.05) is 16.9 Å². The van der Waals surface area contributed by atoms with Crippen molar-refractivity contribution in [1.82, 2.24) is 4.98 Å². The fourth-order valence-corrected chi connectivity index (χ4v) is 2.94. The largest absolute Gasteiger partial charge is 0.462 e. The number of carbonyl (C=O) groups excluding carboxylic acids is 3. The maximum absolute atomic E-state index is 12.7. The smallest absolute Gasteiger partial charge is 0.338 e. The normalized spacial score (nSPS) is 10.5. The van der Waals surface area contributed by atoms with Gasteiger partial charge < -0.3 is 15.0 Å². The quantitative estimate of drug-likeness (QED) is 0.581. The van der Waals surface area contributed by atoms with Crippen LogP contribution in [0.3, 0.4) is 0 Å². The Balaban J connectivity index is 2.23. The van der Waals surface area contributed by atoms with E-state index in [1.54, 1.807) is 38.1 Å². The first-order valence-corrected chi connectivity index (χ1v) is 8.69. The lowest BCUT2D eigenvalue weighted by Crippen LogP contribution is -2.15. The SMILES string of the molecule is CCCc1c(C(=O)Nc2ccc(C(=O)OCC)cc2)[nH]c(C)c1C(C)=O. The van der Waals surface area contributed by atoms with Gasteiger partial charge in [-0.1, -0.05) is 13.3 Å². The topological polar surface area (TPSA) is 88.3 Å². The molecular formula is C20H24N2O4. The molecule has 6 nitrogen and oxygen atoms in total. The molecule has 2 N–H and O–H groups in total. The number of ether oxygens (including phenoxy) is 1. The Kier molecular flexibility index (Phi) is 6.33. The maximum atomic E-state index is 12.7. The lowest BCUT2D eigenvalue weighted by atomic mass is 10.0. The van der Waals surface area contributed by atoms with Crippen LogP contribution in [0.25, 0.3) is 0 Å². The third-order valence-corrected chi connectivity index (χ3v) is 4.02. The lowest BCUT2D eigenvalue weighted by Gasteiger charge is -2.08. The zero-order valence-corrected chi connectivity index (χ0v) is 15.6. The summed E-state index contributed by atoms with van der Waals surface area (Å²) in [5.41, 5.74) is 3.42. The van der Waals surface area contributed by atoms with E-state index < -0.39 is 5.97 Å². The summed E-state index contributed by atoms with van der Waals surface area (Å²) >= 11 is 0. The Morgan fingerprint density at radius 1 is 1.12 bits per heavy atom. The van der Waals surface area contributed by atoms with E-state index in [9.17, 15) is 14.4 Å². The van der Waals surface area contributed by atoms with Gasteiger partial charge in [-0.2, -0.15) is 0 Å². The summed E-state index contributed by atoms with van der Waals surface area (Å²) in [7, 11) is 0. The number of nitrogens with one attached hydrogen (secondary N) is 2. The highest BCUT2D eigenvalue weighted by molar-refractivity contribution is 6.07. The summed E-state index contributed by atoms with van der Waals surface area (Å²) in [6, 6.07) is 6.49. The number of H-pyrrole nitrogens is 1. The molecule has 0 spiro atoms. The summed E-state index contributed by atoms with van der Waals surface area (Å²) in [6.07, 6.45) is 1.47. The van der Waals surface area contributed by atoms with Gasteiger partial charge >= 0.3 is 5.97 Å². The summed E-state index contributed by atoms with van der Waals surface area (Å²) in [5.74, 6) is -0.769. The second-order valence-corrected chi connectivity index (χ2v) is 6.04. The molecule has 2 aromatic rings. The van der Waals surface area contributed by atoms with Crippen LogP contribution < -0.4 is 5.32 Å². The molecule has 0 radical (unpaired) electrons. The van der Waals surface area contributed by atoms with Crippen molar-refractivity contribution in [3.05, 3.63) is 52.3 Å². The molecule has 0 atom stereocenters. The van der Waals surface area contributed by atoms with Crippen molar-refractivity contribution in [2.45, 2.75) is 40.5 Å². The number of aromatic nitrogens is 1. The van der Waals surface area contributed by atoms with Crippen molar-refractivity contribution in [2.75, 3.05) is 11.9 Å². The fourth-order valence-electron chi connectivity index (χ4n) is 2.94. The summed E-state index contributed by atoms with van der Waals surface area (Å²) in [6.45, 7) is 7.35. The Hall–Kier alpha value is -2.89. The van der Waals surface area contributed by atoms with Crippen molar-refractivity contribution < 1.29 is 19.1 Å². The first-order valence-electron chi connectivity index (χ1n) is 8.69. The van der Waals surface area contributed by atoms with E-state index in [1.165, 1.54) is 6.92 Å². The molecule has 6 heteroatoms. The Morgan fingerprint density at radius 3 is 2.31 bits per heavy atom. The van der Waals surface area contributed by atoms with Crippen molar-refractivity contribution in [3.63, 3.8) is 0 Å². The minimum Gasteiger partial charge on any atom is -0.462 e. The molecule has 138 valence electrons. The van der Waals surface area contributed by atoms with Crippen molar-refractivity contribution >= 4 is 23.3 Å². The predicted octanol–water partition coefficient (Wildman–Crippen LogP) is 3.91. The molecule has 0 unspecified atom stereocenters. The van der Waals surface area contributed by atoms with Crippen LogP contribution in [0, 0.1) is 6.92 Å². The molecule has 0 saturated carbocycles. The molecular weight excluding hydrogens is 332 g/mol. The van der Waals surface area contributed by atoms with Gasteiger partial charge in [0.2, 0.25) is 0 Å². The number of anilines is 1. The number of benzene rings is 1. The lowest BCUT2D eigenvalue weighted by molar-refractivity contribution is 0.0526. The number of Topliss-reactive ketones (excluding diaryl/α,β-unsaturated/α-hetero) is 1. The number of ketones is 1. The van der Waals surface area contributed by atoms with Gasteiger partial charge in [0.25, 0.3) is 5.91 Å². The van der Waals surface area contributed by atoms with Crippen LogP contribution >= 0.6 is 0 Å². The van der Waals surface area contributed by atoms with Crippen LogP contribution in [0.1, 0.15) is 69.7 Å².